The normalized spacial score (nSPS) is 16.4. The van der Waals surface area contributed by atoms with E-state index in [0.717, 1.165) is 6.42 Å². The Morgan fingerprint density at radius 2 is 1.24 bits per heavy atom. The molecule has 1 rings (SSSR count). The summed E-state index contributed by atoms with van der Waals surface area (Å²) in [7, 11) is 0. The fourth-order valence-corrected chi connectivity index (χ4v) is 4.14. The molecule has 0 aromatic heterocycles. The van der Waals surface area contributed by atoms with Gasteiger partial charge in [0.2, 0.25) is 0 Å². The molecule has 0 radical (unpaired) electrons. The Morgan fingerprint density at radius 1 is 0.760 bits per heavy atom. The monoisotopic (exact) mass is 351 g/mol. The molecule has 1 atom stereocenters. The van der Waals surface area contributed by atoms with E-state index in [9.17, 15) is 5.11 Å². The van der Waals surface area contributed by atoms with E-state index < -0.39 is 0 Å². The SMILES string of the molecule is CCCCCCCCCCCCCCC1=C(CC(N)CO)CCCC1. The number of allylic oxidation sites excluding steroid dienone is 1. The van der Waals surface area contributed by atoms with Crippen molar-refractivity contribution in [3.8, 4) is 0 Å². The van der Waals surface area contributed by atoms with Crippen molar-refractivity contribution in [2.45, 2.75) is 129 Å². The van der Waals surface area contributed by atoms with Crippen LogP contribution in [0.4, 0.5) is 0 Å². The quantitative estimate of drug-likeness (QED) is 0.241. The molecular formula is C23H45NO. The average Bonchev–Trinajstić information content (AvgIpc) is 2.63. The molecule has 0 aromatic carbocycles. The van der Waals surface area contributed by atoms with Crippen molar-refractivity contribution in [3.63, 3.8) is 0 Å². The number of unbranched alkanes of at least 4 members (excludes halogenated alkanes) is 11. The highest BCUT2D eigenvalue weighted by molar-refractivity contribution is 5.18. The lowest BCUT2D eigenvalue weighted by Crippen LogP contribution is -2.25. The first-order valence-corrected chi connectivity index (χ1v) is 11.3. The minimum atomic E-state index is -0.0509. The van der Waals surface area contributed by atoms with Crippen molar-refractivity contribution in [1.82, 2.24) is 0 Å². The summed E-state index contributed by atoms with van der Waals surface area (Å²) < 4.78 is 0. The molecule has 148 valence electrons. The van der Waals surface area contributed by atoms with Gasteiger partial charge in [0.05, 0.1) is 6.61 Å². The van der Waals surface area contributed by atoms with E-state index in [2.05, 4.69) is 6.92 Å². The predicted molar refractivity (Wildman–Crippen MR) is 111 cm³/mol. The van der Waals surface area contributed by atoms with Gasteiger partial charge >= 0.3 is 0 Å². The molecule has 0 saturated carbocycles. The lowest BCUT2D eigenvalue weighted by atomic mass is 9.85. The molecule has 25 heavy (non-hydrogen) atoms. The summed E-state index contributed by atoms with van der Waals surface area (Å²) in [6, 6.07) is -0.0509. The Kier molecular flexibility index (Phi) is 14.4. The molecule has 0 heterocycles. The third-order valence-corrected chi connectivity index (χ3v) is 5.78. The second kappa shape index (κ2) is 15.9. The molecule has 1 aliphatic carbocycles. The highest BCUT2D eigenvalue weighted by Gasteiger charge is 2.14. The Morgan fingerprint density at radius 3 is 1.76 bits per heavy atom. The zero-order valence-corrected chi connectivity index (χ0v) is 17.0. The van der Waals surface area contributed by atoms with Gasteiger partial charge < -0.3 is 10.8 Å². The smallest absolute Gasteiger partial charge is 0.0585 e. The maximum Gasteiger partial charge on any atom is 0.0585 e. The van der Waals surface area contributed by atoms with Gasteiger partial charge in [-0.2, -0.15) is 0 Å². The van der Waals surface area contributed by atoms with Crippen LogP contribution in [0, 0.1) is 0 Å². The summed E-state index contributed by atoms with van der Waals surface area (Å²) >= 11 is 0. The van der Waals surface area contributed by atoms with Crippen molar-refractivity contribution in [1.29, 1.82) is 0 Å². The Hall–Kier alpha value is -0.340. The molecule has 0 bridgehead atoms. The Balaban J connectivity index is 2.00. The van der Waals surface area contributed by atoms with Crippen molar-refractivity contribution >= 4 is 0 Å². The molecule has 0 saturated heterocycles. The highest BCUT2D eigenvalue weighted by Crippen LogP contribution is 2.31. The minimum Gasteiger partial charge on any atom is -0.395 e. The summed E-state index contributed by atoms with van der Waals surface area (Å²) in [6.45, 7) is 2.41. The number of rotatable bonds is 16. The van der Waals surface area contributed by atoms with Gasteiger partial charge in [0.25, 0.3) is 0 Å². The second-order valence-corrected chi connectivity index (χ2v) is 8.20. The van der Waals surface area contributed by atoms with Gasteiger partial charge in [0, 0.05) is 6.04 Å². The lowest BCUT2D eigenvalue weighted by molar-refractivity contribution is 0.263. The van der Waals surface area contributed by atoms with Crippen LogP contribution in [0.25, 0.3) is 0 Å². The van der Waals surface area contributed by atoms with Crippen LogP contribution in [0.1, 0.15) is 122 Å². The minimum absolute atomic E-state index is 0.0509. The molecule has 3 N–H and O–H groups in total. The standard InChI is InChI=1S/C23H45NO/c1-2-3-4-5-6-7-8-9-10-11-12-13-16-21-17-14-15-18-22(21)19-23(24)20-25/h23,25H,2-20,24H2,1H3. The molecule has 0 aromatic rings. The fourth-order valence-electron chi connectivity index (χ4n) is 4.14. The van der Waals surface area contributed by atoms with Crippen LogP contribution in [-0.4, -0.2) is 17.8 Å². The van der Waals surface area contributed by atoms with E-state index in [-0.39, 0.29) is 12.6 Å². The molecule has 0 fully saturated rings. The summed E-state index contributed by atoms with van der Waals surface area (Å²) in [4.78, 5) is 0. The number of aliphatic hydroxyl groups is 1. The third kappa shape index (κ3) is 11.8. The first kappa shape index (κ1) is 22.7. The summed E-state index contributed by atoms with van der Waals surface area (Å²) in [5.74, 6) is 0. The molecule has 0 spiro atoms. The van der Waals surface area contributed by atoms with Crippen LogP contribution < -0.4 is 5.73 Å². The predicted octanol–water partition coefficient (Wildman–Crippen LogP) is 6.66. The molecule has 0 aliphatic heterocycles. The number of hydrogen-bond acceptors (Lipinski definition) is 2. The Labute approximate surface area is 157 Å². The second-order valence-electron chi connectivity index (χ2n) is 8.20. The molecule has 0 amide bonds. The van der Waals surface area contributed by atoms with E-state index >= 15 is 0 Å². The summed E-state index contributed by atoms with van der Waals surface area (Å²) in [6.07, 6.45) is 24.4. The first-order valence-electron chi connectivity index (χ1n) is 11.3. The topological polar surface area (TPSA) is 46.2 Å². The van der Waals surface area contributed by atoms with Crippen LogP contribution >= 0.6 is 0 Å². The summed E-state index contributed by atoms with van der Waals surface area (Å²) in [5, 5.41) is 9.19. The van der Waals surface area contributed by atoms with Crippen LogP contribution in [0.2, 0.25) is 0 Å². The van der Waals surface area contributed by atoms with Gasteiger partial charge in [0.1, 0.15) is 0 Å². The molecule has 1 aliphatic rings. The lowest BCUT2D eigenvalue weighted by Gasteiger charge is -2.22. The van der Waals surface area contributed by atoms with Crippen LogP contribution in [-0.2, 0) is 0 Å². The highest BCUT2D eigenvalue weighted by atomic mass is 16.3. The van der Waals surface area contributed by atoms with E-state index in [0.29, 0.717) is 0 Å². The van der Waals surface area contributed by atoms with Gasteiger partial charge in [-0.25, -0.2) is 0 Å². The average molecular weight is 352 g/mol. The maximum atomic E-state index is 9.19. The first-order chi connectivity index (χ1) is 12.3. The molecule has 2 nitrogen and oxygen atoms in total. The van der Waals surface area contributed by atoms with Crippen molar-refractivity contribution in [2.24, 2.45) is 5.73 Å². The van der Waals surface area contributed by atoms with Gasteiger partial charge in [-0.05, 0) is 44.9 Å². The van der Waals surface area contributed by atoms with E-state index in [1.54, 1.807) is 11.1 Å². The van der Waals surface area contributed by atoms with Gasteiger partial charge in [-0.3, -0.25) is 0 Å². The Bertz CT molecular complexity index is 337. The van der Waals surface area contributed by atoms with Crippen molar-refractivity contribution in [2.75, 3.05) is 6.61 Å². The molecule has 2 heteroatoms. The van der Waals surface area contributed by atoms with Gasteiger partial charge in [0.15, 0.2) is 0 Å². The summed E-state index contributed by atoms with van der Waals surface area (Å²) in [5.41, 5.74) is 9.21. The fraction of sp³-hybridized carbons (Fsp3) is 0.913. The van der Waals surface area contributed by atoms with Crippen molar-refractivity contribution < 1.29 is 5.11 Å². The molecule has 1 unspecified atom stereocenters. The van der Waals surface area contributed by atoms with Crippen LogP contribution in [0.3, 0.4) is 0 Å². The van der Waals surface area contributed by atoms with Crippen LogP contribution in [0.5, 0.6) is 0 Å². The number of aliphatic hydroxyl groups excluding tert-OH is 1. The van der Waals surface area contributed by atoms with E-state index in [1.165, 1.54) is 109 Å². The van der Waals surface area contributed by atoms with Crippen molar-refractivity contribution in [3.05, 3.63) is 11.1 Å². The maximum absolute atomic E-state index is 9.19. The largest absolute Gasteiger partial charge is 0.395 e. The van der Waals surface area contributed by atoms with Gasteiger partial charge in [-0.1, -0.05) is 88.7 Å². The third-order valence-electron chi connectivity index (χ3n) is 5.78. The van der Waals surface area contributed by atoms with E-state index in [4.69, 9.17) is 5.73 Å². The number of hydrogen-bond donors (Lipinski definition) is 2. The van der Waals surface area contributed by atoms with Crippen LogP contribution in [0.15, 0.2) is 11.1 Å². The number of nitrogens with two attached hydrogens (primary N) is 1. The zero-order valence-electron chi connectivity index (χ0n) is 17.0. The van der Waals surface area contributed by atoms with Gasteiger partial charge in [-0.15, -0.1) is 0 Å². The molecular weight excluding hydrogens is 306 g/mol. The van der Waals surface area contributed by atoms with E-state index in [1.807, 2.05) is 0 Å². The zero-order chi connectivity index (χ0) is 18.2.